The normalized spacial score (nSPS) is 10.7. The van der Waals surface area contributed by atoms with Gasteiger partial charge in [0.1, 0.15) is 17.2 Å². The molecule has 0 radical (unpaired) electrons. The predicted molar refractivity (Wildman–Crippen MR) is 86.1 cm³/mol. The number of ether oxygens (including phenoxy) is 2. The van der Waals surface area contributed by atoms with Crippen LogP contribution in [-0.2, 0) is 6.54 Å². The average Bonchev–Trinajstić information content (AvgIpc) is 2.48. The first-order valence-corrected chi connectivity index (χ1v) is 7.40. The fraction of sp³-hybridized carbons (Fsp3) is 0.333. The fourth-order valence-corrected chi connectivity index (χ4v) is 1.95. The van der Waals surface area contributed by atoms with Gasteiger partial charge in [0, 0.05) is 12.6 Å². The molecule has 0 fully saturated rings. The summed E-state index contributed by atoms with van der Waals surface area (Å²) in [5.41, 5.74) is 1.21. The van der Waals surface area contributed by atoms with Crippen LogP contribution in [0, 0.1) is 0 Å². The summed E-state index contributed by atoms with van der Waals surface area (Å²) >= 11 is 0. The minimum atomic E-state index is 0.473. The van der Waals surface area contributed by atoms with Gasteiger partial charge in [-0.25, -0.2) is 0 Å². The molecular weight excluding hydrogens is 262 g/mol. The quantitative estimate of drug-likeness (QED) is 0.819. The lowest BCUT2D eigenvalue weighted by Crippen LogP contribution is -2.21. The molecule has 21 heavy (non-hydrogen) atoms. The Bertz CT molecular complexity index is 549. The highest BCUT2D eigenvalue weighted by Crippen LogP contribution is 2.24. The zero-order valence-corrected chi connectivity index (χ0v) is 12.9. The third-order valence-electron chi connectivity index (χ3n) is 2.98. The Morgan fingerprint density at radius 2 is 1.67 bits per heavy atom. The molecule has 0 saturated carbocycles. The van der Waals surface area contributed by atoms with Crippen LogP contribution < -0.4 is 14.8 Å². The maximum absolute atomic E-state index is 5.88. The highest BCUT2D eigenvalue weighted by molar-refractivity contribution is 5.36. The molecule has 0 atom stereocenters. The number of rotatable bonds is 7. The van der Waals surface area contributed by atoms with E-state index in [1.807, 2.05) is 43.3 Å². The van der Waals surface area contributed by atoms with Crippen molar-refractivity contribution in [1.29, 1.82) is 0 Å². The van der Waals surface area contributed by atoms with Gasteiger partial charge >= 0.3 is 0 Å². The van der Waals surface area contributed by atoms with Gasteiger partial charge in [0.05, 0.1) is 6.61 Å². The van der Waals surface area contributed by atoms with Gasteiger partial charge in [-0.1, -0.05) is 26.0 Å². The molecule has 112 valence electrons. The maximum atomic E-state index is 5.88. The zero-order chi connectivity index (χ0) is 15.1. The van der Waals surface area contributed by atoms with Crippen molar-refractivity contribution in [2.75, 3.05) is 6.61 Å². The monoisotopic (exact) mass is 285 g/mol. The van der Waals surface area contributed by atoms with Gasteiger partial charge in [-0.2, -0.15) is 0 Å². The molecule has 3 heteroatoms. The predicted octanol–water partition coefficient (Wildman–Crippen LogP) is 4.38. The van der Waals surface area contributed by atoms with Crippen molar-refractivity contribution in [2.45, 2.75) is 33.4 Å². The van der Waals surface area contributed by atoms with Crippen LogP contribution in [0.3, 0.4) is 0 Å². The highest BCUT2D eigenvalue weighted by Gasteiger charge is 2.01. The summed E-state index contributed by atoms with van der Waals surface area (Å²) in [6.45, 7) is 7.77. The van der Waals surface area contributed by atoms with Crippen molar-refractivity contribution in [3.63, 3.8) is 0 Å². The van der Waals surface area contributed by atoms with Crippen LogP contribution in [0.1, 0.15) is 26.3 Å². The molecule has 0 heterocycles. The van der Waals surface area contributed by atoms with Crippen LogP contribution in [0.15, 0.2) is 48.5 Å². The minimum absolute atomic E-state index is 0.473. The number of benzene rings is 2. The molecule has 3 nitrogen and oxygen atoms in total. The standard InChI is InChI=1S/C18H23NO2/c1-4-20-16-8-10-17(11-9-16)21-18-7-5-6-15(12-18)13-19-14(2)3/h5-12,14,19H,4,13H2,1-3H3. The summed E-state index contributed by atoms with van der Waals surface area (Å²) < 4.78 is 11.3. The van der Waals surface area contributed by atoms with Crippen molar-refractivity contribution in [3.05, 3.63) is 54.1 Å². The molecule has 2 aromatic rings. The summed E-state index contributed by atoms with van der Waals surface area (Å²) in [6.07, 6.45) is 0. The first-order chi connectivity index (χ1) is 10.2. The van der Waals surface area contributed by atoms with Gasteiger partial charge in [0.2, 0.25) is 0 Å². The van der Waals surface area contributed by atoms with Gasteiger partial charge in [0.25, 0.3) is 0 Å². The lowest BCUT2D eigenvalue weighted by Gasteiger charge is -2.11. The second kappa shape index (κ2) is 7.70. The molecule has 0 aliphatic heterocycles. The highest BCUT2D eigenvalue weighted by atomic mass is 16.5. The Morgan fingerprint density at radius 1 is 0.952 bits per heavy atom. The summed E-state index contributed by atoms with van der Waals surface area (Å²) in [6, 6.07) is 16.3. The Labute approximate surface area is 126 Å². The summed E-state index contributed by atoms with van der Waals surface area (Å²) in [5, 5.41) is 3.40. The Kier molecular flexibility index (Phi) is 5.64. The molecule has 0 bridgehead atoms. The molecule has 0 saturated heterocycles. The zero-order valence-electron chi connectivity index (χ0n) is 12.9. The van der Waals surface area contributed by atoms with Crippen molar-refractivity contribution in [1.82, 2.24) is 5.32 Å². The molecule has 0 aromatic heterocycles. The second-order valence-corrected chi connectivity index (χ2v) is 5.19. The van der Waals surface area contributed by atoms with E-state index in [2.05, 4.69) is 31.3 Å². The first kappa shape index (κ1) is 15.4. The Hall–Kier alpha value is -2.00. The van der Waals surface area contributed by atoms with E-state index in [1.54, 1.807) is 0 Å². The topological polar surface area (TPSA) is 30.5 Å². The largest absolute Gasteiger partial charge is 0.494 e. The van der Waals surface area contributed by atoms with E-state index in [4.69, 9.17) is 9.47 Å². The number of hydrogen-bond donors (Lipinski definition) is 1. The number of nitrogens with one attached hydrogen (secondary N) is 1. The third-order valence-corrected chi connectivity index (χ3v) is 2.98. The molecular formula is C18H23NO2. The van der Waals surface area contributed by atoms with Crippen LogP contribution in [-0.4, -0.2) is 12.6 Å². The molecule has 2 rings (SSSR count). The number of hydrogen-bond acceptors (Lipinski definition) is 3. The SMILES string of the molecule is CCOc1ccc(Oc2cccc(CNC(C)C)c2)cc1. The van der Waals surface area contributed by atoms with Crippen molar-refractivity contribution in [2.24, 2.45) is 0 Å². The van der Waals surface area contributed by atoms with Crippen molar-refractivity contribution < 1.29 is 9.47 Å². The molecule has 1 N–H and O–H groups in total. The Morgan fingerprint density at radius 3 is 2.33 bits per heavy atom. The lowest BCUT2D eigenvalue weighted by atomic mass is 10.2. The van der Waals surface area contributed by atoms with Gasteiger partial charge in [-0.3, -0.25) is 0 Å². The summed E-state index contributed by atoms with van der Waals surface area (Å²) in [5.74, 6) is 2.52. The van der Waals surface area contributed by atoms with Gasteiger partial charge in [0.15, 0.2) is 0 Å². The molecule has 0 spiro atoms. The third kappa shape index (κ3) is 5.12. The van der Waals surface area contributed by atoms with Crippen LogP contribution in [0.2, 0.25) is 0 Å². The first-order valence-electron chi connectivity index (χ1n) is 7.40. The van der Waals surface area contributed by atoms with E-state index in [-0.39, 0.29) is 0 Å². The van der Waals surface area contributed by atoms with E-state index < -0.39 is 0 Å². The average molecular weight is 285 g/mol. The van der Waals surface area contributed by atoms with Crippen LogP contribution in [0.5, 0.6) is 17.2 Å². The van der Waals surface area contributed by atoms with E-state index in [9.17, 15) is 0 Å². The summed E-state index contributed by atoms with van der Waals surface area (Å²) in [4.78, 5) is 0. The van der Waals surface area contributed by atoms with Gasteiger partial charge in [-0.05, 0) is 48.9 Å². The molecule has 0 unspecified atom stereocenters. The van der Waals surface area contributed by atoms with E-state index >= 15 is 0 Å². The minimum Gasteiger partial charge on any atom is -0.494 e. The van der Waals surface area contributed by atoms with E-state index in [0.29, 0.717) is 12.6 Å². The van der Waals surface area contributed by atoms with Crippen LogP contribution in [0.25, 0.3) is 0 Å². The molecule has 2 aromatic carbocycles. The lowest BCUT2D eigenvalue weighted by molar-refractivity contribution is 0.339. The van der Waals surface area contributed by atoms with Crippen LogP contribution >= 0.6 is 0 Å². The second-order valence-electron chi connectivity index (χ2n) is 5.19. The maximum Gasteiger partial charge on any atom is 0.127 e. The molecule has 0 aliphatic rings. The van der Waals surface area contributed by atoms with Crippen molar-refractivity contribution >= 4 is 0 Å². The van der Waals surface area contributed by atoms with Crippen molar-refractivity contribution in [3.8, 4) is 17.2 Å². The Balaban J connectivity index is 2.00. The summed E-state index contributed by atoms with van der Waals surface area (Å²) in [7, 11) is 0. The molecule has 0 amide bonds. The fourth-order valence-electron chi connectivity index (χ4n) is 1.95. The van der Waals surface area contributed by atoms with E-state index in [0.717, 1.165) is 23.8 Å². The van der Waals surface area contributed by atoms with Gasteiger partial charge in [-0.15, -0.1) is 0 Å². The van der Waals surface area contributed by atoms with Crippen LogP contribution in [0.4, 0.5) is 0 Å². The molecule has 0 aliphatic carbocycles. The smallest absolute Gasteiger partial charge is 0.127 e. The van der Waals surface area contributed by atoms with Gasteiger partial charge < -0.3 is 14.8 Å². The van der Waals surface area contributed by atoms with E-state index in [1.165, 1.54) is 5.56 Å².